The molecule has 0 spiro atoms. The third kappa shape index (κ3) is 4.09. The number of carbonyl (C=O) groups excluding carboxylic acids is 1. The number of methoxy groups -OCH3 is 1. The molecule has 0 saturated carbocycles. The molecule has 0 N–H and O–H groups in total. The average molecular weight is 342 g/mol. The van der Waals surface area contributed by atoms with E-state index in [1.54, 1.807) is 12.1 Å². The fourth-order valence-electron chi connectivity index (χ4n) is 2.83. The van der Waals surface area contributed by atoms with Crippen molar-refractivity contribution in [2.75, 3.05) is 7.11 Å². The molecule has 0 atom stereocenters. The zero-order valence-corrected chi connectivity index (χ0v) is 14.9. The van der Waals surface area contributed by atoms with E-state index in [0.717, 1.165) is 12.8 Å². The van der Waals surface area contributed by atoms with Gasteiger partial charge in [-0.15, -0.1) is 0 Å². The Kier molecular flexibility index (Phi) is 5.65. The van der Waals surface area contributed by atoms with Crippen molar-refractivity contribution < 1.29 is 9.53 Å². The van der Waals surface area contributed by atoms with Gasteiger partial charge in [0, 0.05) is 0 Å². The van der Waals surface area contributed by atoms with Crippen LogP contribution in [0, 0.1) is 0 Å². The maximum atomic E-state index is 11.4. The van der Waals surface area contributed by atoms with Gasteiger partial charge in [-0.2, -0.15) is 0 Å². The first-order chi connectivity index (χ1) is 12.7. The van der Waals surface area contributed by atoms with Gasteiger partial charge in [-0.25, -0.2) is 4.79 Å². The molecule has 0 radical (unpaired) electrons. The minimum absolute atomic E-state index is 0.298. The molecule has 2 aromatic rings. The summed E-state index contributed by atoms with van der Waals surface area (Å²) in [6.07, 6.45) is 3.78. The molecule has 2 nitrogen and oxygen atoms in total. The minimum Gasteiger partial charge on any atom is -0.465 e. The van der Waals surface area contributed by atoms with E-state index in [4.69, 9.17) is 0 Å². The van der Waals surface area contributed by atoms with E-state index < -0.39 is 0 Å². The molecule has 26 heavy (non-hydrogen) atoms. The number of hydrogen-bond donors (Lipinski definition) is 0. The lowest BCUT2D eigenvalue weighted by Gasteiger charge is -2.10. The Balaban J connectivity index is 0.000000269. The van der Waals surface area contributed by atoms with Gasteiger partial charge in [-0.05, 0) is 52.8 Å². The van der Waals surface area contributed by atoms with E-state index in [1.165, 1.54) is 34.9 Å². The van der Waals surface area contributed by atoms with E-state index in [9.17, 15) is 4.79 Å². The Morgan fingerprint density at radius 2 is 1.50 bits per heavy atom. The molecule has 0 aromatic heterocycles. The highest BCUT2D eigenvalue weighted by molar-refractivity contribution is 5.89. The third-order valence-corrected chi connectivity index (χ3v) is 4.55. The SMILES string of the molecule is C=Cc1ccccc1CCc1ccc(C(=O)OC)cc1.c1cc2ccc1-2. The van der Waals surface area contributed by atoms with Crippen LogP contribution in [-0.4, -0.2) is 13.1 Å². The number of carbonyl (C=O) groups is 1. The Bertz CT molecular complexity index is 869. The van der Waals surface area contributed by atoms with Gasteiger partial charge in [0.05, 0.1) is 12.7 Å². The summed E-state index contributed by atoms with van der Waals surface area (Å²) in [4.78, 5) is 11.4. The number of aryl methyl sites for hydroxylation is 2. The van der Waals surface area contributed by atoms with Crippen LogP contribution >= 0.6 is 0 Å². The van der Waals surface area contributed by atoms with Crippen molar-refractivity contribution in [3.8, 4) is 11.1 Å². The van der Waals surface area contributed by atoms with Crippen LogP contribution in [0.5, 0.6) is 0 Å². The van der Waals surface area contributed by atoms with Gasteiger partial charge in [0.15, 0.2) is 0 Å². The van der Waals surface area contributed by atoms with Crippen LogP contribution in [0.1, 0.15) is 27.0 Å². The maximum Gasteiger partial charge on any atom is 0.337 e. The summed E-state index contributed by atoms with van der Waals surface area (Å²) >= 11 is 0. The first kappa shape index (κ1) is 17.7. The molecule has 0 amide bonds. The van der Waals surface area contributed by atoms with Crippen molar-refractivity contribution in [2.24, 2.45) is 0 Å². The van der Waals surface area contributed by atoms with E-state index >= 15 is 0 Å². The predicted octanol–water partition coefficient (Wildman–Crippen LogP) is 5.57. The second-order valence-electron chi connectivity index (χ2n) is 6.17. The third-order valence-electron chi connectivity index (χ3n) is 4.55. The quantitative estimate of drug-likeness (QED) is 0.443. The van der Waals surface area contributed by atoms with Gasteiger partial charge in [0.25, 0.3) is 0 Å². The molecule has 0 saturated heterocycles. The van der Waals surface area contributed by atoms with Crippen molar-refractivity contribution >= 4 is 12.0 Å². The van der Waals surface area contributed by atoms with Crippen LogP contribution in [0.15, 0.2) is 79.4 Å². The zero-order valence-electron chi connectivity index (χ0n) is 14.9. The predicted molar refractivity (Wildman–Crippen MR) is 107 cm³/mol. The molecule has 0 fully saturated rings. The number of fused-ring (bicyclic) bond motifs is 1. The van der Waals surface area contributed by atoms with Crippen LogP contribution in [0.25, 0.3) is 17.2 Å². The summed E-state index contributed by atoms with van der Waals surface area (Å²) in [7, 11) is 1.39. The molecule has 0 aliphatic heterocycles. The van der Waals surface area contributed by atoms with Gasteiger partial charge in [0.1, 0.15) is 0 Å². The summed E-state index contributed by atoms with van der Waals surface area (Å²) in [5, 5.41) is 0. The highest BCUT2D eigenvalue weighted by Gasteiger charge is 2.05. The molecular weight excluding hydrogens is 320 g/mol. The average Bonchev–Trinajstić information content (AvgIpc) is 2.69. The van der Waals surface area contributed by atoms with Gasteiger partial charge in [0.2, 0.25) is 0 Å². The van der Waals surface area contributed by atoms with Crippen molar-refractivity contribution in [1.82, 2.24) is 0 Å². The minimum atomic E-state index is -0.298. The topological polar surface area (TPSA) is 26.3 Å². The summed E-state index contributed by atoms with van der Waals surface area (Å²) in [5.41, 5.74) is 7.11. The normalized spacial score (nSPS) is 10.3. The lowest BCUT2D eigenvalue weighted by Crippen LogP contribution is -2.01. The lowest BCUT2D eigenvalue weighted by molar-refractivity contribution is 0.0600. The number of rotatable bonds is 5. The van der Waals surface area contributed by atoms with E-state index in [-0.39, 0.29) is 5.97 Å². The van der Waals surface area contributed by atoms with E-state index in [2.05, 4.69) is 47.7 Å². The molecule has 130 valence electrons. The first-order valence-electron chi connectivity index (χ1n) is 8.69. The molecule has 0 unspecified atom stereocenters. The molecule has 0 heterocycles. The Morgan fingerprint density at radius 3 is 2.00 bits per heavy atom. The Morgan fingerprint density at radius 1 is 0.885 bits per heavy atom. The smallest absolute Gasteiger partial charge is 0.337 e. The summed E-state index contributed by atoms with van der Waals surface area (Å²) in [6, 6.07) is 24.3. The van der Waals surface area contributed by atoms with Gasteiger partial charge in [-0.1, -0.05) is 73.3 Å². The molecule has 4 rings (SSSR count). The largest absolute Gasteiger partial charge is 0.465 e. The highest BCUT2D eigenvalue weighted by atomic mass is 16.5. The van der Waals surface area contributed by atoms with Crippen LogP contribution in [0.4, 0.5) is 0 Å². The Hall–Kier alpha value is -3.13. The summed E-state index contributed by atoms with van der Waals surface area (Å²) in [6.45, 7) is 3.84. The molecule has 2 aromatic carbocycles. The standard InChI is InChI=1S/C18H18O2.C6H4/c1-3-15-6-4-5-7-16(15)11-8-14-9-12-17(13-10-14)18(19)20-2;1-2-6-4-3-5(1)6/h3-7,9-10,12-13H,1,8,11H2,2H3;1-4H. The highest BCUT2D eigenvalue weighted by Crippen LogP contribution is 2.29. The van der Waals surface area contributed by atoms with Crippen LogP contribution in [-0.2, 0) is 17.6 Å². The van der Waals surface area contributed by atoms with Gasteiger partial charge >= 0.3 is 5.97 Å². The summed E-state index contributed by atoms with van der Waals surface area (Å²) in [5.74, 6) is -0.298. The number of hydrogen-bond acceptors (Lipinski definition) is 2. The second kappa shape index (κ2) is 8.30. The first-order valence-corrected chi connectivity index (χ1v) is 8.69. The Labute approximate surface area is 154 Å². The zero-order chi connectivity index (χ0) is 18.4. The van der Waals surface area contributed by atoms with Gasteiger partial charge < -0.3 is 4.74 Å². The van der Waals surface area contributed by atoms with Crippen molar-refractivity contribution in [3.05, 3.63) is 102 Å². The van der Waals surface area contributed by atoms with E-state index in [1.807, 2.05) is 30.3 Å². The number of benzene rings is 3. The molecular formula is C24H22O2. The number of esters is 1. The molecule has 2 heteroatoms. The van der Waals surface area contributed by atoms with Crippen molar-refractivity contribution in [3.63, 3.8) is 0 Å². The fourth-order valence-corrected chi connectivity index (χ4v) is 2.83. The van der Waals surface area contributed by atoms with Crippen LogP contribution < -0.4 is 0 Å². The molecule has 2 aliphatic carbocycles. The lowest BCUT2D eigenvalue weighted by atomic mass is 9.95. The maximum absolute atomic E-state index is 11.4. The van der Waals surface area contributed by atoms with Crippen LogP contribution in [0.2, 0.25) is 0 Å². The monoisotopic (exact) mass is 342 g/mol. The second-order valence-corrected chi connectivity index (χ2v) is 6.17. The molecule has 0 bridgehead atoms. The van der Waals surface area contributed by atoms with Crippen molar-refractivity contribution in [2.45, 2.75) is 12.8 Å². The fraction of sp³-hybridized carbons (Fsp3) is 0.125. The summed E-state index contributed by atoms with van der Waals surface area (Å²) < 4.78 is 4.69. The van der Waals surface area contributed by atoms with E-state index in [0.29, 0.717) is 5.56 Å². The van der Waals surface area contributed by atoms with Gasteiger partial charge in [-0.3, -0.25) is 0 Å². The van der Waals surface area contributed by atoms with Crippen LogP contribution in [0.3, 0.4) is 0 Å². The molecule has 2 aliphatic rings. The van der Waals surface area contributed by atoms with Crippen molar-refractivity contribution in [1.29, 1.82) is 0 Å². The number of ether oxygens (including phenoxy) is 1.